The molecule has 0 aromatic heterocycles. The molecule has 2 aromatic carbocycles. The Labute approximate surface area is 190 Å². The fourth-order valence-corrected chi connectivity index (χ4v) is 3.99. The lowest BCUT2D eigenvalue weighted by molar-refractivity contribution is -0.127. The number of benzene rings is 2. The minimum absolute atomic E-state index is 0.0444. The van der Waals surface area contributed by atoms with Crippen molar-refractivity contribution in [3.63, 3.8) is 0 Å². The van der Waals surface area contributed by atoms with Crippen molar-refractivity contribution >= 4 is 11.8 Å². The van der Waals surface area contributed by atoms with Gasteiger partial charge >= 0.3 is 0 Å². The summed E-state index contributed by atoms with van der Waals surface area (Å²) in [4.78, 5) is 25.0. The fourth-order valence-electron chi connectivity index (χ4n) is 3.99. The number of aryl methyl sites for hydroxylation is 4. The van der Waals surface area contributed by atoms with Crippen LogP contribution in [-0.2, 0) is 9.59 Å². The lowest BCUT2D eigenvalue weighted by atomic mass is 9.90. The first-order valence-corrected chi connectivity index (χ1v) is 11.3. The number of carbonyl (C=O) groups is 2. The molecule has 6 nitrogen and oxygen atoms in total. The van der Waals surface area contributed by atoms with Crippen molar-refractivity contribution in [3.8, 4) is 11.5 Å². The molecule has 2 N–H and O–H groups in total. The zero-order valence-electron chi connectivity index (χ0n) is 19.5. The molecule has 1 aliphatic carbocycles. The standard InChI is InChI=1S/C26H34N2O4/c1-17-9-11-19(3)23(13-17)31-15-25(29)27-21-7-5-6-8-22(21)28-26(30)16-32-24-14-18(2)10-12-20(24)4/h9-14,21-22H,5-8,15-16H2,1-4H3,(H,27,29)(H,28,30)/t21-,22-/m1/s1. The van der Waals surface area contributed by atoms with Gasteiger partial charge in [-0.2, -0.15) is 0 Å². The van der Waals surface area contributed by atoms with E-state index in [-0.39, 0.29) is 37.1 Å². The van der Waals surface area contributed by atoms with Crippen LogP contribution < -0.4 is 20.1 Å². The third-order valence-corrected chi connectivity index (χ3v) is 5.86. The summed E-state index contributed by atoms with van der Waals surface area (Å²) in [5, 5.41) is 6.10. The Morgan fingerprint density at radius 3 is 1.56 bits per heavy atom. The molecule has 3 rings (SSSR count). The maximum absolute atomic E-state index is 12.5. The highest BCUT2D eigenvalue weighted by Gasteiger charge is 2.28. The molecular weight excluding hydrogens is 404 g/mol. The summed E-state index contributed by atoms with van der Waals surface area (Å²) < 4.78 is 11.5. The van der Waals surface area contributed by atoms with Crippen LogP contribution in [-0.4, -0.2) is 37.1 Å². The van der Waals surface area contributed by atoms with Crippen molar-refractivity contribution in [2.75, 3.05) is 13.2 Å². The number of ether oxygens (including phenoxy) is 2. The van der Waals surface area contributed by atoms with Gasteiger partial charge in [-0.15, -0.1) is 0 Å². The Kier molecular flexibility index (Phi) is 8.14. The summed E-state index contributed by atoms with van der Waals surface area (Å²) in [7, 11) is 0. The highest BCUT2D eigenvalue weighted by atomic mass is 16.5. The van der Waals surface area contributed by atoms with Crippen molar-refractivity contribution in [2.45, 2.75) is 65.5 Å². The second kappa shape index (κ2) is 11.0. The molecule has 0 heterocycles. The van der Waals surface area contributed by atoms with E-state index in [0.29, 0.717) is 0 Å². The van der Waals surface area contributed by atoms with E-state index in [1.807, 2.05) is 64.1 Å². The van der Waals surface area contributed by atoms with E-state index in [0.717, 1.165) is 59.4 Å². The van der Waals surface area contributed by atoms with Gasteiger partial charge in [-0.1, -0.05) is 37.1 Å². The summed E-state index contributed by atoms with van der Waals surface area (Å²) >= 11 is 0. The van der Waals surface area contributed by atoms with Gasteiger partial charge < -0.3 is 20.1 Å². The Hall–Kier alpha value is -3.02. The Morgan fingerprint density at radius 2 is 1.16 bits per heavy atom. The molecule has 172 valence electrons. The van der Waals surface area contributed by atoms with Crippen LogP contribution in [0.15, 0.2) is 36.4 Å². The Bertz CT molecular complexity index is 879. The molecule has 0 unspecified atom stereocenters. The lowest BCUT2D eigenvalue weighted by Gasteiger charge is -2.32. The van der Waals surface area contributed by atoms with Gasteiger partial charge in [0.2, 0.25) is 0 Å². The predicted octanol–water partition coefficient (Wildman–Crippen LogP) is 3.92. The second-order valence-corrected chi connectivity index (χ2v) is 8.75. The van der Waals surface area contributed by atoms with Crippen molar-refractivity contribution in [1.82, 2.24) is 10.6 Å². The van der Waals surface area contributed by atoms with Crippen LogP contribution in [0, 0.1) is 27.7 Å². The van der Waals surface area contributed by atoms with Crippen LogP contribution in [0.2, 0.25) is 0 Å². The number of amides is 2. The van der Waals surface area contributed by atoms with Crippen LogP contribution in [0.5, 0.6) is 11.5 Å². The topological polar surface area (TPSA) is 76.7 Å². The minimum atomic E-state index is -0.177. The van der Waals surface area contributed by atoms with Crippen molar-refractivity contribution in [3.05, 3.63) is 58.7 Å². The van der Waals surface area contributed by atoms with E-state index >= 15 is 0 Å². The van der Waals surface area contributed by atoms with Gasteiger partial charge in [-0.3, -0.25) is 9.59 Å². The molecule has 6 heteroatoms. The summed E-state index contributed by atoms with van der Waals surface area (Å²) in [5.74, 6) is 1.09. The summed E-state index contributed by atoms with van der Waals surface area (Å²) in [5.41, 5.74) is 4.17. The number of rotatable bonds is 8. The van der Waals surface area contributed by atoms with E-state index in [4.69, 9.17) is 9.47 Å². The second-order valence-electron chi connectivity index (χ2n) is 8.75. The highest BCUT2D eigenvalue weighted by molar-refractivity contribution is 5.79. The quantitative estimate of drug-likeness (QED) is 0.655. The predicted molar refractivity (Wildman–Crippen MR) is 125 cm³/mol. The molecule has 0 spiro atoms. The van der Waals surface area contributed by atoms with Gasteiger partial charge in [0, 0.05) is 12.1 Å². The normalized spacial score (nSPS) is 18.0. The zero-order chi connectivity index (χ0) is 23.1. The van der Waals surface area contributed by atoms with Gasteiger partial charge in [-0.05, 0) is 74.9 Å². The maximum Gasteiger partial charge on any atom is 0.258 e. The SMILES string of the molecule is Cc1ccc(C)c(OCC(=O)N[C@@H]2CCCC[C@H]2NC(=O)COc2cc(C)ccc2C)c1. The monoisotopic (exact) mass is 438 g/mol. The maximum atomic E-state index is 12.5. The molecule has 1 saturated carbocycles. The molecule has 1 aliphatic rings. The average molecular weight is 439 g/mol. The number of hydrogen-bond donors (Lipinski definition) is 2. The number of hydrogen-bond acceptors (Lipinski definition) is 4. The smallest absolute Gasteiger partial charge is 0.258 e. The fraction of sp³-hybridized carbons (Fsp3) is 0.462. The molecule has 1 fully saturated rings. The summed E-state index contributed by atoms with van der Waals surface area (Å²) in [6, 6.07) is 11.6. The summed E-state index contributed by atoms with van der Waals surface area (Å²) in [6.45, 7) is 7.81. The summed E-state index contributed by atoms with van der Waals surface area (Å²) in [6.07, 6.45) is 3.71. The van der Waals surface area contributed by atoms with E-state index < -0.39 is 0 Å². The molecule has 0 radical (unpaired) electrons. The zero-order valence-corrected chi connectivity index (χ0v) is 19.5. The van der Waals surface area contributed by atoms with Crippen LogP contribution in [0.1, 0.15) is 47.9 Å². The highest BCUT2D eigenvalue weighted by Crippen LogP contribution is 2.21. The average Bonchev–Trinajstić information content (AvgIpc) is 2.76. The lowest BCUT2D eigenvalue weighted by Crippen LogP contribution is -2.54. The first-order chi connectivity index (χ1) is 15.3. The van der Waals surface area contributed by atoms with Gasteiger partial charge in [0.05, 0.1) is 0 Å². The van der Waals surface area contributed by atoms with E-state index in [1.165, 1.54) is 0 Å². The molecule has 2 aromatic rings. The van der Waals surface area contributed by atoms with E-state index in [2.05, 4.69) is 10.6 Å². The largest absolute Gasteiger partial charge is 0.483 e. The first-order valence-electron chi connectivity index (χ1n) is 11.3. The van der Waals surface area contributed by atoms with Gasteiger partial charge in [0.1, 0.15) is 11.5 Å². The van der Waals surface area contributed by atoms with Gasteiger partial charge in [0.25, 0.3) is 11.8 Å². The van der Waals surface area contributed by atoms with Crippen LogP contribution in [0.4, 0.5) is 0 Å². The van der Waals surface area contributed by atoms with Crippen molar-refractivity contribution in [2.24, 2.45) is 0 Å². The Balaban J connectivity index is 1.50. The molecule has 0 bridgehead atoms. The molecule has 2 amide bonds. The van der Waals surface area contributed by atoms with Gasteiger partial charge in [0.15, 0.2) is 13.2 Å². The molecule has 0 saturated heterocycles. The Morgan fingerprint density at radius 1 is 0.750 bits per heavy atom. The first kappa shape index (κ1) is 23.6. The van der Waals surface area contributed by atoms with Crippen LogP contribution in [0.3, 0.4) is 0 Å². The molecule has 0 aliphatic heterocycles. The molecular formula is C26H34N2O4. The molecule has 2 atom stereocenters. The van der Waals surface area contributed by atoms with E-state index in [9.17, 15) is 9.59 Å². The van der Waals surface area contributed by atoms with Crippen molar-refractivity contribution < 1.29 is 19.1 Å². The van der Waals surface area contributed by atoms with Crippen LogP contribution >= 0.6 is 0 Å². The van der Waals surface area contributed by atoms with E-state index in [1.54, 1.807) is 0 Å². The third-order valence-electron chi connectivity index (χ3n) is 5.86. The number of carbonyl (C=O) groups excluding carboxylic acids is 2. The third kappa shape index (κ3) is 6.74. The number of nitrogens with one attached hydrogen (secondary N) is 2. The van der Waals surface area contributed by atoms with Crippen LogP contribution in [0.25, 0.3) is 0 Å². The van der Waals surface area contributed by atoms with Crippen molar-refractivity contribution in [1.29, 1.82) is 0 Å². The molecule has 32 heavy (non-hydrogen) atoms. The van der Waals surface area contributed by atoms with Gasteiger partial charge in [-0.25, -0.2) is 0 Å². The minimum Gasteiger partial charge on any atom is -0.483 e.